The second-order valence-corrected chi connectivity index (χ2v) is 5.65. The first-order valence-electron chi connectivity index (χ1n) is 7.04. The van der Waals surface area contributed by atoms with Crippen molar-refractivity contribution < 1.29 is 9.90 Å². The lowest BCUT2D eigenvalue weighted by Gasteiger charge is -2.22. The molecule has 0 spiro atoms. The molecule has 0 bridgehead atoms. The van der Waals surface area contributed by atoms with Gasteiger partial charge in [0, 0.05) is 13.0 Å². The molecular formula is C16H23NO2. The van der Waals surface area contributed by atoms with E-state index in [0.717, 1.165) is 29.7 Å². The van der Waals surface area contributed by atoms with Crippen molar-refractivity contribution in [1.29, 1.82) is 0 Å². The van der Waals surface area contributed by atoms with E-state index in [2.05, 4.69) is 6.92 Å². The van der Waals surface area contributed by atoms with E-state index >= 15 is 0 Å². The molecule has 2 atom stereocenters. The predicted molar refractivity (Wildman–Crippen MR) is 75.9 cm³/mol. The molecule has 2 rings (SSSR count). The van der Waals surface area contributed by atoms with Crippen molar-refractivity contribution in [1.82, 2.24) is 4.90 Å². The van der Waals surface area contributed by atoms with E-state index in [1.165, 1.54) is 0 Å². The summed E-state index contributed by atoms with van der Waals surface area (Å²) in [5.41, 5.74) is 3.16. The van der Waals surface area contributed by atoms with Crippen molar-refractivity contribution in [2.45, 2.75) is 39.7 Å². The van der Waals surface area contributed by atoms with Crippen LogP contribution < -0.4 is 0 Å². The van der Waals surface area contributed by atoms with Crippen molar-refractivity contribution in [2.75, 3.05) is 13.1 Å². The molecule has 1 heterocycles. The number of carbonyl (C=O) groups excluding carboxylic acids is 1. The van der Waals surface area contributed by atoms with E-state index in [-0.39, 0.29) is 5.91 Å². The van der Waals surface area contributed by atoms with E-state index in [4.69, 9.17) is 0 Å². The van der Waals surface area contributed by atoms with Gasteiger partial charge in [-0.05, 0) is 30.9 Å². The molecule has 2 unspecified atom stereocenters. The van der Waals surface area contributed by atoms with Gasteiger partial charge in [0.2, 0.25) is 5.91 Å². The molecule has 0 saturated carbocycles. The topological polar surface area (TPSA) is 40.5 Å². The van der Waals surface area contributed by atoms with Crippen LogP contribution in [0.3, 0.4) is 0 Å². The van der Waals surface area contributed by atoms with Crippen LogP contribution in [-0.4, -0.2) is 29.0 Å². The number of aliphatic hydroxyl groups is 1. The molecular weight excluding hydrogens is 238 g/mol. The van der Waals surface area contributed by atoms with Crippen molar-refractivity contribution >= 4 is 5.91 Å². The lowest BCUT2D eigenvalue weighted by Crippen LogP contribution is -2.30. The van der Waals surface area contributed by atoms with Crippen LogP contribution in [0.1, 0.15) is 42.6 Å². The smallest absolute Gasteiger partial charge is 0.223 e. The predicted octanol–water partition coefficient (Wildman–Crippen LogP) is 2.60. The van der Waals surface area contributed by atoms with E-state index in [1.807, 2.05) is 32.0 Å². The minimum atomic E-state index is -0.584. The highest BCUT2D eigenvalue weighted by molar-refractivity contribution is 5.78. The number of hydrogen-bond donors (Lipinski definition) is 1. The Kier molecular flexibility index (Phi) is 4.25. The summed E-state index contributed by atoms with van der Waals surface area (Å²) in [5, 5.41) is 10.4. The molecule has 1 aromatic rings. The van der Waals surface area contributed by atoms with Gasteiger partial charge in [-0.1, -0.05) is 37.1 Å². The van der Waals surface area contributed by atoms with E-state index in [9.17, 15) is 9.90 Å². The number of nitrogens with zero attached hydrogens (tertiary/aromatic N) is 1. The van der Waals surface area contributed by atoms with Crippen LogP contribution in [0.15, 0.2) is 18.2 Å². The lowest BCUT2D eigenvalue weighted by atomic mass is 10.0. The van der Waals surface area contributed by atoms with Crippen LogP contribution in [0.25, 0.3) is 0 Å². The number of benzene rings is 1. The largest absolute Gasteiger partial charge is 0.387 e. The fourth-order valence-corrected chi connectivity index (χ4v) is 2.73. The molecule has 0 aliphatic carbocycles. The number of aryl methyl sites for hydroxylation is 2. The van der Waals surface area contributed by atoms with Gasteiger partial charge in [0.1, 0.15) is 0 Å². The zero-order chi connectivity index (χ0) is 14.0. The molecule has 1 saturated heterocycles. The van der Waals surface area contributed by atoms with Gasteiger partial charge in [-0.2, -0.15) is 0 Å². The maximum Gasteiger partial charge on any atom is 0.223 e. The molecule has 3 nitrogen and oxygen atoms in total. The van der Waals surface area contributed by atoms with Gasteiger partial charge < -0.3 is 10.0 Å². The zero-order valence-electron chi connectivity index (χ0n) is 12.0. The van der Waals surface area contributed by atoms with E-state index in [0.29, 0.717) is 18.9 Å². The number of likely N-dealkylation sites (tertiary alicyclic amines) is 1. The number of amides is 1. The summed E-state index contributed by atoms with van der Waals surface area (Å²) in [7, 11) is 0. The van der Waals surface area contributed by atoms with Crippen molar-refractivity contribution in [2.24, 2.45) is 5.92 Å². The van der Waals surface area contributed by atoms with Gasteiger partial charge in [0.05, 0.1) is 12.6 Å². The van der Waals surface area contributed by atoms with Gasteiger partial charge in [0.25, 0.3) is 0 Å². The number of β-amino-alcohol motifs (C(OH)–C–C–N with tert-alkyl or cyclic N) is 1. The summed E-state index contributed by atoms with van der Waals surface area (Å²) >= 11 is 0. The maximum absolute atomic E-state index is 11.9. The molecule has 1 N–H and O–H groups in total. The van der Waals surface area contributed by atoms with Crippen LogP contribution in [0.2, 0.25) is 0 Å². The summed E-state index contributed by atoms with van der Waals surface area (Å²) in [6, 6.07) is 6.08. The number of carbonyl (C=O) groups is 1. The Morgan fingerprint density at radius 1 is 1.42 bits per heavy atom. The Morgan fingerprint density at radius 3 is 2.79 bits per heavy atom. The van der Waals surface area contributed by atoms with E-state index in [1.54, 1.807) is 4.90 Å². The summed E-state index contributed by atoms with van der Waals surface area (Å²) in [6.45, 7) is 7.34. The van der Waals surface area contributed by atoms with E-state index < -0.39 is 6.10 Å². The van der Waals surface area contributed by atoms with Crippen molar-refractivity contribution in [3.8, 4) is 0 Å². The van der Waals surface area contributed by atoms with Crippen molar-refractivity contribution in [3.63, 3.8) is 0 Å². The van der Waals surface area contributed by atoms with Crippen LogP contribution in [-0.2, 0) is 4.79 Å². The highest BCUT2D eigenvalue weighted by atomic mass is 16.3. The van der Waals surface area contributed by atoms with Gasteiger partial charge >= 0.3 is 0 Å². The second-order valence-electron chi connectivity index (χ2n) is 5.65. The van der Waals surface area contributed by atoms with Crippen LogP contribution in [0, 0.1) is 19.8 Å². The Labute approximate surface area is 115 Å². The molecule has 104 valence electrons. The first-order chi connectivity index (χ1) is 9.01. The molecule has 19 heavy (non-hydrogen) atoms. The minimum Gasteiger partial charge on any atom is -0.387 e. The zero-order valence-corrected chi connectivity index (χ0v) is 12.0. The molecule has 1 aliphatic heterocycles. The summed E-state index contributed by atoms with van der Waals surface area (Å²) in [6.07, 6.45) is 1.08. The number of aliphatic hydroxyl groups excluding tert-OH is 1. The van der Waals surface area contributed by atoms with Gasteiger partial charge in [-0.25, -0.2) is 0 Å². The first-order valence-corrected chi connectivity index (χ1v) is 7.04. The first kappa shape index (κ1) is 14.1. The highest BCUT2D eigenvalue weighted by Gasteiger charge is 2.30. The third-order valence-electron chi connectivity index (χ3n) is 4.06. The molecule has 1 aliphatic rings. The Morgan fingerprint density at radius 2 is 2.16 bits per heavy atom. The van der Waals surface area contributed by atoms with Gasteiger partial charge in [-0.15, -0.1) is 0 Å². The quantitative estimate of drug-likeness (QED) is 0.905. The number of hydrogen-bond acceptors (Lipinski definition) is 2. The fraction of sp³-hybridized carbons (Fsp3) is 0.562. The standard InChI is InChI=1S/C16H23NO2/c1-4-13-8-16(19)17(9-13)10-15(18)14-7-11(2)5-6-12(14)3/h5-7,13,15,18H,4,8-10H2,1-3H3. The summed E-state index contributed by atoms with van der Waals surface area (Å²) < 4.78 is 0. The summed E-state index contributed by atoms with van der Waals surface area (Å²) in [5.74, 6) is 0.634. The highest BCUT2D eigenvalue weighted by Crippen LogP contribution is 2.25. The van der Waals surface area contributed by atoms with Crippen LogP contribution >= 0.6 is 0 Å². The van der Waals surface area contributed by atoms with Crippen LogP contribution in [0.4, 0.5) is 0 Å². The monoisotopic (exact) mass is 261 g/mol. The van der Waals surface area contributed by atoms with Crippen LogP contribution in [0.5, 0.6) is 0 Å². The Balaban J connectivity index is 2.07. The summed E-state index contributed by atoms with van der Waals surface area (Å²) in [4.78, 5) is 13.7. The SMILES string of the molecule is CCC1CC(=O)N(CC(O)c2cc(C)ccc2C)C1. The number of rotatable bonds is 4. The normalized spacial score (nSPS) is 20.9. The second kappa shape index (κ2) is 5.74. The average molecular weight is 261 g/mol. The fourth-order valence-electron chi connectivity index (χ4n) is 2.73. The van der Waals surface area contributed by atoms with Crippen molar-refractivity contribution in [3.05, 3.63) is 34.9 Å². The van der Waals surface area contributed by atoms with Gasteiger partial charge in [0.15, 0.2) is 0 Å². The maximum atomic E-state index is 11.9. The molecule has 1 aromatic carbocycles. The molecule has 0 aromatic heterocycles. The Bertz CT molecular complexity index is 470. The minimum absolute atomic E-state index is 0.177. The van der Waals surface area contributed by atoms with Gasteiger partial charge in [-0.3, -0.25) is 4.79 Å². The lowest BCUT2D eigenvalue weighted by molar-refractivity contribution is -0.129. The molecule has 1 fully saturated rings. The Hall–Kier alpha value is -1.35. The molecule has 0 radical (unpaired) electrons. The third-order valence-corrected chi connectivity index (χ3v) is 4.06. The molecule has 1 amide bonds. The third kappa shape index (κ3) is 3.16. The average Bonchev–Trinajstić information content (AvgIpc) is 2.73. The molecule has 3 heteroatoms.